The van der Waals surface area contributed by atoms with E-state index >= 15 is 0 Å². The Kier molecular flexibility index (Phi) is 7.65. The topological polar surface area (TPSA) is 72.2 Å². The number of hydrogen-bond donors (Lipinski definition) is 0. The molecule has 0 spiro atoms. The van der Waals surface area contributed by atoms with Gasteiger partial charge in [-0.1, -0.05) is 42.5 Å². The molecule has 202 valence electrons. The molecule has 1 aliphatic rings. The Bertz CT molecular complexity index is 1520. The minimum Gasteiger partial charge on any atom is -0.496 e. The van der Waals surface area contributed by atoms with E-state index in [2.05, 4.69) is 11.8 Å². The monoisotopic (exact) mass is 530 g/mol. The first-order valence-corrected chi connectivity index (χ1v) is 12.9. The predicted octanol–water partition coefficient (Wildman–Crippen LogP) is 5.11. The standard InChI is InChI=1S/C31H31FN2O5/c1-20-17-34(21(2)16-33(20)18-22-9-11-24(32)12-10-22)30(36)19-38-28-13-25(37-3)14-29-31(28)26(35)15-27(39-29)23-7-5-4-6-8-23/h4-15,20-21H,16-19H2,1-3H3. The molecule has 5 rings (SSSR count). The van der Waals surface area contributed by atoms with Crippen LogP contribution in [0.2, 0.25) is 0 Å². The van der Waals surface area contributed by atoms with E-state index in [1.807, 2.05) is 42.2 Å². The maximum Gasteiger partial charge on any atom is 0.260 e. The number of hydrogen-bond acceptors (Lipinski definition) is 6. The van der Waals surface area contributed by atoms with Crippen molar-refractivity contribution in [1.82, 2.24) is 9.80 Å². The molecular weight excluding hydrogens is 499 g/mol. The second-order valence-electron chi connectivity index (χ2n) is 9.93. The second kappa shape index (κ2) is 11.3. The molecule has 0 saturated carbocycles. The summed E-state index contributed by atoms with van der Waals surface area (Å²) in [5.41, 5.74) is 1.85. The van der Waals surface area contributed by atoms with Crippen LogP contribution >= 0.6 is 0 Å². The highest BCUT2D eigenvalue weighted by atomic mass is 19.1. The molecule has 0 bridgehead atoms. The second-order valence-corrected chi connectivity index (χ2v) is 9.93. The summed E-state index contributed by atoms with van der Waals surface area (Å²) >= 11 is 0. The van der Waals surface area contributed by atoms with Crippen molar-refractivity contribution in [2.24, 2.45) is 0 Å². The Morgan fingerprint density at radius 1 is 1.00 bits per heavy atom. The zero-order valence-corrected chi connectivity index (χ0v) is 22.2. The zero-order valence-electron chi connectivity index (χ0n) is 22.2. The lowest BCUT2D eigenvalue weighted by Crippen LogP contribution is -2.58. The SMILES string of the molecule is COc1cc(OCC(=O)N2CC(C)N(Cc3ccc(F)cc3)CC2C)c2c(=O)cc(-c3ccccc3)oc2c1. The van der Waals surface area contributed by atoms with E-state index in [1.54, 1.807) is 24.3 Å². The van der Waals surface area contributed by atoms with Gasteiger partial charge in [0.2, 0.25) is 0 Å². The molecule has 0 radical (unpaired) electrons. The van der Waals surface area contributed by atoms with Gasteiger partial charge in [-0.2, -0.15) is 0 Å². The number of piperazine rings is 1. The van der Waals surface area contributed by atoms with Gasteiger partial charge in [0, 0.05) is 55.5 Å². The molecule has 1 amide bonds. The van der Waals surface area contributed by atoms with E-state index in [9.17, 15) is 14.0 Å². The normalized spacial score (nSPS) is 17.8. The lowest BCUT2D eigenvalue weighted by molar-refractivity contribution is -0.139. The van der Waals surface area contributed by atoms with Crippen molar-refractivity contribution in [2.45, 2.75) is 32.5 Å². The fraction of sp³-hybridized carbons (Fsp3) is 0.290. The highest BCUT2D eigenvalue weighted by molar-refractivity contribution is 5.87. The van der Waals surface area contributed by atoms with Crippen LogP contribution in [0, 0.1) is 5.82 Å². The third-order valence-corrected chi connectivity index (χ3v) is 7.15. The highest BCUT2D eigenvalue weighted by Crippen LogP contribution is 2.32. The Balaban J connectivity index is 1.31. The van der Waals surface area contributed by atoms with Gasteiger partial charge in [-0.05, 0) is 31.5 Å². The first-order chi connectivity index (χ1) is 18.8. The summed E-state index contributed by atoms with van der Waals surface area (Å²) in [5, 5.41) is 0.258. The van der Waals surface area contributed by atoms with Gasteiger partial charge in [0.25, 0.3) is 5.91 Å². The van der Waals surface area contributed by atoms with Gasteiger partial charge in [0.05, 0.1) is 7.11 Å². The highest BCUT2D eigenvalue weighted by Gasteiger charge is 2.32. The van der Waals surface area contributed by atoms with E-state index in [0.29, 0.717) is 36.7 Å². The van der Waals surface area contributed by atoms with Crippen molar-refractivity contribution in [3.8, 4) is 22.8 Å². The summed E-state index contributed by atoms with van der Waals surface area (Å²) in [6.07, 6.45) is 0. The summed E-state index contributed by atoms with van der Waals surface area (Å²) in [7, 11) is 1.52. The molecule has 0 N–H and O–H groups in total. The minimum absolute atomic E-state index is 0.0432. The number of ether oxygens (including phenoxy) is 2. The van der Waals surface area contributed by atoms with Crippen LogP contribution in [0.15, 0.2) is 82.0 Å². The van der Waals surface area contributed by atoms with Gasteiger partial charge in [0.15, 0.2) is 12.0 Å². The maximum atomic E-state index is 13.3. The largest absolute Gasteiger partial charge is 0.496 e. The van der Waals surface area contributed by atoms with Crippen LogP contribution in [0.25, 0.3) is 22.3 Å². The molecule has 7 nitrogen and oxygen atoms in total. The van der Waals surface area contributed by atoms with E-state index in [0.717, 1.165) is 11.1 Å². The van der Waals surface area contributed by atoms with Crippen molar-refractivity contribution in [3.63, 3.8) is 0 Å². The molecule has 1 aromatic heterocycles. The van der Waals surface area contributed by atoms with Gasteiger partial charge >= 0.3 is 0 Å². The number of methoxy groups -OCH3 is 1. The van der Waals surface area contributed by atoms with Crippen LogP contribution in [0.5, 0.6) is 11.5 Å². The van der Waals surface area contributed by atoms with Crippen molar-refractivity contribution in [3.05, 3.63) is 94.4 Å². The molecular formula is C31H31FN2O5. The molecule has 1 fully saturated rings. The van der Waals surface area contributed by atoms with Gasteiger partial charge in [-0.3, -0.25) is 14.5 Å². The third kappa shape index (κ3) is 5.81. The average molecular weight is 531 g/mol. The van der Waals surface area contributed by atoms with E-state index in [4.69, 9.17) is 13.9 Å². The number of carbonyl (C=O) groups excluding carboxylic acids is 1. The Hall–Kier alpha value is -4.17. The lowest BCUT2D eigenvalue weighted by atomic mass is 10.1. The summed E-state index contributed by atoms with van der Waals surface area (Å²) in [5.74, 6) is 0.701. The van der Waals surface area contributed by atoms with E-state index < -0.39 is 0 Å². The number of fused-ring (bicyclic) bond motifs is 1. The fourth-order valence-corrected chi connectivity index (χ4v) is 5.02. The van der Waals surface area contributed by atoms with E-state index in [-0.39, 0.29) is 47.0 Å². The Morgan fingerprint density at radius 3 is 2.46 bits per heavy atom. The molecule has 2 unspecified atom stereocenters. The molecule has 3 aromatic carbocycles. The van der Waals surface area contributed by atoms with Crippen molar-refractivity contribution in [2.75, 3.05) is 26.8 Å². The van der Waals surface area contributed by atoms with E-state index in [1.165, 1.54) is 25.3 Å². The minimum atomic E-state index is -0.267. The van der Waals surface area contributed by atoms with Crippen LogP contribution < -0.4 is 14.9 Å². The number of carbonyl (C=O) groups is 1. The van der Waals surface area contributed by atoms with Gasteiger partial charge in [-0.25, -0.2) is 4.39 Å². The molecule has 39 heavy (non-hydrogen) atoms. The first kappa shape index (κ1) is 26.4. The van der Waals surface area contributed by atoms with Crippen LogP contribution in [0.3, 0.4) is 0 Å². The number of benzene rings is 3. The first-order valence-electron chi connectivity index (χ1n) is 12.9. The number of halogens is 1. The average Bonchev–Trinajstić information content (AvgIpc) is 2.94. The smallest absolute Gasteiger partial charge is 0.260 e. The molecule has 8 heteroatoms. The Morgan fingerprint density at radius 2 is 1.74 bits per heavy atom. The summed E-state index contributed by atoms with van der Waals surface area (Å²) < 4.78 is 30.7. The fourth-order valence-electron chi connectivity index (χ4n) is 5.02. The Labute approximate surface area is 226 Å². The quantitative estimate of drug-likeness (QED) is 0.331. The van der Waals surface area contributed by atoms with Gasteiger partial charge in [-0.15, -0.1) is 0 Å². The zero-order chi connectivity index (χ0) is 27.5. The van der Waals surface area contributed by atoms with Crippen LogP contribution in [-0.4, -0.2) is 54.6 Å². The molecule has 4 aromatic rings. The van der Waals surface area contributed by atoms with Gasteiger partial charge < -0.3 is 18.8 Å². The number of rotatable bonds is 7. The van der Waals surface area contributed by atoms with Crippen molar-refractivity contribution < 1.29 is 23.1 Å². The lowest BCUT2D eigenvalue weighted by Gasteiger charge is -2.44. The van der Waals surface area contributed by atoms with Crippen LogP contribution in [-0.2, 0) is 11.3 Å². The number of nitrogens with zero attached hydrogens (tertiary/aromatic N) is 2. The molecule has 2 atom stereocenters. The number of amides is 1. The maximum absolute atomic E-state index is 13.3. The third-order valence-electron chi connectivity index (χ3n) is 7.15. The summed E-state index contributed by atoms with van der Waals surface area (Å²) in [6, 6.07) is 20.6. The summed E-state index contributed by atoms with van der Waals surface area (Å²) in [6.45, 7) is 5.74. The predicted molar refractivity (Wildman–Crippen MR) is 147 cm³/mol. The molecule has 1 saturated heterocycles. The van der Waals surface area contributed by atoms with Crippen LogP contribution in [0.1, 0.15) is 19.4 Å². The van der Waals surface area contributed by atoms with Gasteiger partial charge in [0.1, 0.15) is 34.0 Å². The summed E-state index contributed by atoms with van der Waals surface area (Å²) in [4.78, 5) is 30.5. The molecule has 0 aliphatic carbocycles. The molecule has 1 aliphatic heterocycles. The van der Waals surface area contributed by atoms with Crippen molar-refractivity contribution >= 4 is 16.9 Å². The van der Waals surface area contributed by atoms with Crippen molar-refractivity contribution in [1.29, 1.82) is 0 Å². The molecule has 2 heterocycles. The van der Waals surface area contributed by atoms with Crippen LogP contribution in [0.4, 0.5) is 4.39 Å².